The number of aliphatic hydroxyl groups excluding tert-OH is 1. The highest BCUT2D eigenvalue weighted by molar-refractivity contribution is 5.29. The molecule has 4 nitrogen and oxygen atoms in total. The molecule has 1 saturated heterocycles. The van der Waals surface area contributed by atoms with Gasteiger partial charge in [0.1, 0.15) is 5.75 Å². The van der Waals surface area contributed by atoms with E-state index in [1.54, 1.807) is 7.11 Å². The average molecular weight is 264 g/mol. The molecular formula is C15H24N2O2. The fourth-order valence-electron chi connectivity index (χ4n) is 2.66. The van der Waals surface area contributed by atoms with E-state index in [0.717, 1.165) is 30.8 Å². The van der Waals surface area contributed by atoms with Crippen molar-refractivity contribution in [2.75, 3.05) is 26.7 Å². The normalized spacial score (nSPS) is 23.3. The molecule has 4 heteroatoms. The third-order valence-electron chi connectivity index (χ3n) is 3.96. The maximum Gasteiger partial charge on any atom is 0.119 e. The molecule has 0 aromatic heterocycles. The van der Waals surface area contributed by atoms with Gasteiger partial charge in [-0.1, -0.05) is 12.1 Å². The molecule has 3 unspecified atom stereocenters. The molecule has 3 N–H and O–H groups in total. The first-order valence-electron chi connectivity index (χ1n) is 6.90. The van der Waals surface area contributed by atoms with Crippen LogP contribution in [0.4, 0.5) is 0 Å². The number of nitrogens with zero attached hydrogens (tertiary/aromatic N) is 1. The molecule has 0 aliphatic carbocycles. The summed E-state index contributed by atoms with van der Waals surface area (Å²) in [5.74, 6) is 1.34. The second-order valence-corrected chi connectivity index (χ2v) is 5.46. The maximum atomic E-state index is 10.3. The summed E-state index contributed by atoms with van der Waals surface area (Å²) < 4.78 is 5.18. The second-order valence-electron chi connectivity index (χ2n) is 5.46. The van der Waals surface area contributed by atoms with Gasteiger partial charge >= 0.3 is 0 Å². The lowest BCUT2D eigenvalue weighted by molar-refractivity contribution is 0.123. The Labute approximate surface area is 115 Å². The molecule has 0 saturated carbocycles. The van der Waals surface area contributed by atoms with E-state index < -0.39 is 6.10 Å². The summed E-state index contributed by atoms with van der Waals surface area (Å²) in [4.78, 5) is 2.29. The summed E-state index contributed by atoms with van der Waals surface area (Å²) in [6.07, 6.45) is 0.657. The lowest BCUT2D eigenvalue weighted by atomic mass is 10.0. The summed E-state index contributed by atoms with van der Waals surface area (Å²) in [5, 5.41) is 10.3. The van der Waals surface area contributed by atoms with Crippen LogP contribution in [0.2, 0.25) is 0 Å². The van der Waals surface area contributed by atoms with Gasteiger partial charge in [-0.15, -0.1) is 0 Å². The summed E-state index contributed by atoms with van der Waals surface area (Å²) in [5.41, 5.74) is 6.84. The number of nitrogens with two attached hydrogens (primary N) is 1. The molecule has 1 aromatic carbocycles. The van der Waals surface area contributed by atoms with Crippen LogP contribution in [0.15, 0.2) is 24.3 Å². The maximum absolute atomic E-state index is 10.3. The van der Waals surface area contributed by atoms with Crippen LogP contribution >= 0.6 is 0 Å². The molecule has 1 aliphatic heterocycles. The highest BCUT2D eigenvalue weighted by Crippen LogP contribution is 2.24. The molecular weight excluding hydrogens is 240 g/mol. The van der Waals surface area contributed by atoms with Crippen LogP contribution in [0.25, 0.3) is 0 Å². The molecule has 1 aromatic rings. The van der Waals surface area contributed by atoms with Crippen LogP contribution in [0.3, 0.4) is 0 Å². The van der Waals surface area contributed by atoms with Crippen LogP contribution in [0, 0.1) is 5.92 Å². The fourth-order valence-corrected chi connectivity index (χ4v) is 2.66. The minimum atomic E-state index is -0.470. The van der Waals surface area contributed by atoms with E-state index in [-0.39, 0.29) is 6.04 Å². The van der Waals surface area contributed by atoms with Crippen molar-refractivity contribution < 1.29 is 9.84 Å². The van der Waals surface area contributed by atoms with Gasteiger partial charge < -0.3 is 20.5 Å². The number of hydrogen-bond donors (Lipinski definition) is 2. The highest BCUT2D eigenvalue weighted by Gasteiger charge is 2.26. The summed E-state index contributed by atoms with van der Waals surface area (Å²) in [7, 11) is 1.64. The first kappa shape index (κ1) is 14.3. The van der Waals surface area contributed by atoms with E-state index in [1.165, 1.54) is 0 Å². The minimum absolute atomic E-state index is 0.235. The van der Waals surface area contributed by atoms with Crippen molar-refractivity contribution in [3.05, 3.63) is 29.8 Å². The van der Waals surface area contributed by atoms with Gasteiger partial charge in [0, 0.05) is 19.1 Å². The van der Waals surface area contributed by atoms with Gasteiger partial charge in [-0.2, -0.15) is 0 Å². The van der Waals surface area contributed by atoms with Gasteiger partial charge in [0.05, 0.1) is 13.2 Å². The Hall–Kier alpha value is -1.10. The van der Waals surface area contributed by atoms with Crippen molar-refractivity contribution in [1.29, 1.82) is 0 Å². The molecule has 0 spiro atoms. The van der Waals surface area contributed by atoms with Gasteiger partial charge in [-0.25, -0.2) is 0 Å². The third-order valence-corrected chi connectivity index (χ3v) is 3.96. The fraction of sp³-hybridized carbons (Fsp3) is 0.600. The number of benzene rings is 1. The van der Waals surface area contributed by atoms with E-state index in [2.05, 4.69) is 11.8 Å². The van der Waals surface area contributed by atoms with E-state index in [0.29, 0.717) is 12.5 Å². The average Bonchev–Trinajstić information content (AvgIpc) is 2.87. The Bertz CT molecular complexity index is 409. The Kier molecular flexibility index (Phi) is 4.80. The van der Waals surface area contributed by atoms with Crippen LogP contribution in [0.1, 0.15) is 25.0 Å². The van der Waals surface area contributed by atoms with Crippen LogP contribution < -0.4 is 10.5 Å². The number of rotatable bonds is 5. The van der Waals surface area contributed by atoms with Crippen molar-refractivity contribution in [2.45, 2.75) is 25.5 Å². The molecule has 3 atom stereocenters. The highest BCUT2D eigenvalue weighted by atomic mass is 16.5. The Balaban J connectivity index is 1.92. The minimum Gasteiger partial charge on any atom is -0.497 e. The molecule has 1 fully saturated rings. The Morgan fingerprint density at radius 1 is 1.53 bits per heavy atom. The zero-order valence-electron chi connectivity index (χ0n) is 11.7. The monoisotopic (exact) mass is 264 g/mol. The quantitative estimate of drug-likeness (QED) is 0.844. The van der Waals surface area contributed by atoms with Crippen LogP contribution in [0.5, 0.6) is 5.75 Å². The smallest absolute Gasteiger partial charge is 0.119 e. The molecule has 0 radical (unpaired) electrons. The zero-order chi connectivity index (χ0) is 13.8. The topological polar surface area (TPSA) is 58.7 Å². The van der Waals surface area contributed by atoms with Crippen LogP contribution in [-0.4, -0.2) is 42.8 Å². The third kappa shape index (κ3) is 3.69. The van der Waals surface area contributed by atoms with Gasteiger partial charge in [0.15, 0.2) is 0 Å². The van der Waals surface area contributed by atoms with E-state index in [4.69, 9.17) is 10.5 Å². The van der Waals surface area contributed by atoms with Gasteiger partial charge in [0.25, 0.3) is 0 Å². The van der Waals surface area contributed by atoms with Gasteiger partial charge in [-0.3, -0.25) is 0 Å². The largest absolute Gasteiger partial charge is 0.497 e. The second kappa shape index (κ2) is 6.37. The Morgan fingerprint density at radius 2 is 2.32 bits per heavy atom. The lowest BCUT2D eigenvalue weighted by Crippen LogP contribution is -2.31. The van der Waals surface area contributed by atoms with E-state index in [9.17, 15) is 5.11 Å². The molecule has 19 heavy (non-hydrogen) atoms. The van der Waals surface area contributed by atoms with Crippen molar-refractivity contribution in [2.24, 2.45) is 11.7 Å². The van der Waals surface area contributed by atoms with Gasteiger partial charge in [0.2, 0.25) is 0 Å². The summed E-state index contributed by atoms with van der Waals surface area (Å²) in [6.45, 7) is 4.73. The lowest BCUT2D eigenvalue weighted by Gasteiger charge is -2.21. The standard InChI is InChI=1S/C15H24N2O2/c1-11(16)13-6-7-17(9-13)10-15(18)12-4-3-5-14(8-12)19-2/h3-5,8,11,13,15,18H,6-7,9-10,16H2,1-2H3. The SMILES string of the molecule is COc1cccc(C(O)CN2CCC(C(C)N)C2)c1. The van der Waals surface area contributed by atoms with Crippen molar-refractivity contribution in [3.63, 3.8) is 0 Å². The van der Waals surface area contributed by atoms with Gasteiger partial charge in [-0.05, 0) is 43.5 Å². The molecule has 1 aliphatic rings. The van der Waals surface area contributed by atoms with Crippen molar-refractivity contribution in [1.82, 2.24) is 4.90 Å². The summed E-state index contributed by atoms with van der Waals surface area (Å²) in [6, 6.07) is 7.86. The van der Waals surface area contributed by atoms with Crippen molar-refractivity contribution >= 4 is 0 Å². The number of hydrogen-bond acceptors (Lipinski definition) is 4. The molecule has 0 amide bonds. The number of β-amino-alcohol motifs (C(OH)–C–C–N with tert-alkyl or cyclic N) is 1. The summed E-state index contributed by atoms with van der Waals surface area (Å²) >= 11 is 0. The number of methoxy groups -OCH3 is 1. The first-order chi connectivity index (χ1) is 9.10. The Morgan fingerprint density at radius 3 is 2.95 bits per heavy atom. The molecule has 2 rings (SSSR count). The van der Waals surface area contributed by atoms with E-state index >= 15 is 0 Å². The number of aliphatic hydroxyl groups is 1. The van der Waals surface area contributed by atoms with Crippen LogP contribution in [-0.2, 0) is 0 Å². The molecule has 106 valence electrons. The predicted molar refractivity (Wildman–Crippen MR) is 76.2 cm³/mol. The number of ether oxygens (including phenoxy) is 1. The first-order valence-corrected chi connectivity index (χ1v) is 6.90. The van der Waals surface area contributed by atoms with Crippen molar-refractivity contribution in [3.8, 4) is 5.75 Å². The zero-order valence-corrected chi connectivity index (χ0v) is 11.7. The predicted octanol–water partition coefficient (Wildman–Crippen LogP) is 1.40. The number of likely N-dealkylation sites (tertiary alicyclic amines) is 1. The molecule has 0 bridgehead atoms. The molecule has 1 heterocycles. The van der Waals surface area contributed by atoms with E-state index in [1.807, 2.05) is 24.3 Å².